The Balaban J connectivity index is 1.88. The van der Waals surface area contributed by atoms with E-state index in [0.717, 1.165) is 0 Å². The van der Waals surface area contributed by atoms with Crippen molar-refractivity contribution in [2.75, 3.05) is 14.2 Å². The van der Waals surface area contributed by atoms with Gasteiger partial charge >= 0.3 is 0 Å². The molecule has 1 N–H and O–H groups in total. The Morgan fingerprint density at radius 3 is 2.36 bits per heavy atom. The number of hydrogen-bond acceptors (Lipinski definition) is 5. The highest BCUT2D eigenvalue weighted by molar-refractivity contribution is 5.92. The van der Waals surface area contributed by atoms with Crippen LogP contribution in [0.25, 0.3) is 5.69 Å². The normalized spacial score (nSPS) is 10.4. The first kappa shape index (κ1) is 19.1. The molecule has 0 atom stereocenters. The van der Waals surface area contributed by atoms with Crippen LogP contribution in [-0.4, -0.2) is 29.9 Å². The zero-order valence-corrected chi connectivity index (χ0v) is 15.3. The monoisotopic (exact) mass is 383 g/mol. The van der Waals surface area contributed by atoms with Gasteiger partial charge in [-0.2, -0.15) is 5.10 Å². The van der Waals surface area contributed by atoms with Crippen molar-refractivity contribution >= 4 is 5.91 Å². The van der Waals surface area contributed by atoms with Gasteiger partial charge in [-0.25, -0.2) is 9.07 Å². The van der Waals surface area contributed by atoms with Crippen molar-refractivity contribution in [3.63, 3.8) is 0 Å². The highest BCUT2D eigenvalue weighted by Gasteiger charge is 2.17. The lowest BCUT2D eigenvalue weighted by molar-refractivity contribution is 0.0942. The molecule has 0 fully saturated rings. The average Bonchev–Trinajstić information content (AvgIpc) is 2.73. The summed E-state index contributed by atoms with van der Waals surface area (Å²) in [6.07, 6.45) is 0. The van der Waals surface area contributed by atoms with E-state index in [1.54, 1.807) is 43.5 Å². The molecule has 1 heterocycles. The Kier molecular flexibility index (Phi) is 5.69. The summed E-state index contributed by atoms with van der Waals surface area (Å²) in [5.74, 6) is -0.167. The SMILES string of the molecule is COc1ccc(-n2nc(C(=O)NCc3ccc(F)cc3)c(=O)cc2OC)cc1. The molecule has 0 saturated carbocycles. The molecule has 0 unspecified atom stereocenters. The van der Waals surface area contributed by atoms with Crippen LogP contribution in [0.1, 0.15) is 16.1 Å². The second-order valence-electron chi connectivity index (χ2n) is 5.82. The number of nitrogens with zero attached hydrogens (tertiary/aromatic N) is 2. The van der Waals surface area contributed by atoms with E-state index in [4.69, 9.17) is 9.47 Å². The molecule has 3 aromatic rings. The summed E-state index contributed by atoms with van der Waals surface area (Å²) in [6, 6.07) is 13.8. The van der Waals surface area contributed by atoms with Crippen molar-refractivity contribution in [1.82, 2.24) is 15.1 Å². The number of hydrogen-bond donors (Lipinski definition) is 1. The molecule has 0 radical (unpaired) electrons. The van der Waals surface area contributed by atoms with Crippen molar-refractivity contribution in [2.24, 2.45) is 0 Å². The molecule has 28 heavy (non-hydrogen) atoms. The Morgan fingerprint density at radius 2 is 1.75 bits per heavy atom. The minimum Gasteiger partial charge on any atom is -0.497 e. The quantitative estimate of drug-likeness (QED) is 0.706. The van der Waals surface area contributed by atoms with Crippen molar-refractivity contribution in [1.29, 1.82) is 0 Å². The lowest BCUT2D eigenvalue weighted by Gasteiger charge is -2.13. The summed E-state index contributed by atoms with van der Waals surface area (Å²) in [6.45, 7) is 0.134. The van der Waals surface area contributed by atoms with Gasteiger partial charge in [0.25, 0.3) is 5.91 Å². The van der Waals surface area contributed by atoms with Crippen LogP contribution in [0.3, 0.4) is 0 Å². The van der Waals surface area contributed by atoms with E-state index >= 15 is 0 Å². The Hall–Kier alpha value is -3.68. The predicted octanol–water partition coefficient (Wildman–Crippen LogP) is 2.32. The standard InChI is InChI=1S/C20H18FN3O4/c1-27-16-9-7-15(8-10-16)24-18(28-2)11-17(25)19(23-24)20(26)22-12-13-3-5-14(21)6-4-13/h3-11H,12H2,1-2H3,(H,22,26). The van der Waals surface area contributed by atoms with Crippen LogP contribution in [0.2, 0.25) is 0 Å². The highest BCUT2D eigenvalue weighted by atomic mass is 19.1. The third kappa shape index (κ3) is 4.17. The Bertz CT molecular complexity index is 1030. The van der Waals surface area contributed by atoms with Crippen molar-refractivity contribution in [3.8, 4) is 17.3 Å². The first-order valence-electron chi connectivity index (χ1n) is 8.37. The number of carbonyl (C=O) groups excluding carboxylic acids is 1. The molecular weight excluding hydrogens is 365 g/mol. The number of methoxy groups -OCH3 is 2. The number of halogens is 1. The van der Waals surface area contributed by atoms with Crippen LogP contribution in [0.15, 0.2) is 59.4 Å². The van der Waals surface area contributed by atoms with Gasteiger partial charge in [-0.05, 0) is 42.0 Å². The number of ether oxygens (including phenoxy) is 2. The fourth-order valence-corrected chi connectivity index (χ4v) is 2.52. The Morgan fingerprint density at radius 1 is 1.07 bits per heavy atom. The number of amides is 1. The summed E-state index contributed by atoms with van der Waals surface area (Å²) < 4.78 is 24.7. The molecule has 2 aromatic carbocycles. The van der Waals surface area contributed by atoms with Gasteiger partial charge in [0.2, 0.25) is 11.3 Å². The van der Waals surface area contributed by atoms with E-state index in [1.165, 1.54) is 30.0 Å². The molecule has 3 rings (SSSR count). The summed E-state index contributed by atoms with van der Waals surface area (Å²) >= 11 is 0. The summed E-state index contributed by atoms with van der Waals surface area (Å²) in [5, 5.41) is 6.77. The van der Waals surface area contributed by atoms with E-state index in [9.17, 15) is 14.0 Å². The maximum absolute atomic E-state index is 13.0. The van der Waals surface area contributed by atoms with Gasteiger partial charge in [-0.3, -0.25) is 9.59 Å². The fourth-order valence-electron chi connectivity index (χ4n) is 2.52. The molecule has 0 aliphatic rings. The number of aromatic nitrogens is 2. The minimum absolute atomic E-state index is 0.134. The minimum atomic E-state index is -0.640. The zero-order chi connectivity index (χ0) is 20.1. The van der Waals surface area contributed by atoms with E-state index in [2.05, 4.69) is 10.4 Å². The molecule has 0 aliphatic heterocycles. The molecule has 8 heteroatoms. The van der Waals surface area contributed by atoms with E-state index in [0.29, 0.717) is 17.0 Å². The topological polar surface area (TPSA) is 82.5 Å². The zero-order valence-electron chi connectivity index (χ0n) is 15.3. The number of nitrogens with one attached hydrogen (secondary N) is 1. The van der Waals surface area contributed by atoms with Crippen LogP contribution >= 0.6 is 0 Å². The summed E-state index contributed by atoms with van der Waals surface area (Å²) in [7, 11) is 2.96. The van der Waals surface area contributed by atoms with Crippen molar-refractivity contribution in [3.05, 3.63) is 81.9 Å². The molecule has 7 nitrogen and oxygen atoms in total. The van der Waals surface area contributed by atoms with Gasteiger partial charge in [0.1, 0.15) is 11.6 Å². The molecule has 0 saturated heterocycles. The summed E-state index contributed by atoms with van der Waals surface area (Å²) in [5.41, 5.74) is 0.431. The third-order valence-corrected chi connectivity index (χ3v) is 4.00. The lowest BCUT2D eigenvalue weighted by atomic mass is 10.2. The highest BCUT2D eigenvalue weighted by Crippen LogP contribution is 2.18. The summed E-state index contributed by atoms with van der Waals surface area (Å²) in [4.78, 5) is 24.8. The van der Waals surface area contributed by atoms with Crippen LogP contribution in [0.4, 0.5) is 4.39 Å². The maximum atomic E-state index is 13.0. The number of rotatable bonds is 6. The second kappa shape index (κ2) is 8.34. The molecule has 0 spiro atoms. The van der Waals surface area contributed by atoms with Crippen LogP contribution in [0, 0.1) is 5.82 Å². The molecular formula is C20H18FN3O4. The Labute approximate surface area is 160 Å². The van der Waals surface area contributed by atoms with Crippen LogP contribution < -0.4 is 20.2 Å². The maximum Gasteiger partial charge on any atom is 0.276 e. The van der Waals surface area contributed by atoms with E-state index in [-0.39, 0.29) is 23.9 Å². The van der Waals surface area contributed by atoms with Gasteiger partial charge in [0.05, 0.1) is 26.0 Å². The molecule has 1 amide bonds. The number of carbonyl (C=O) groups is 1. The number of benzene rings is 2. The first-order valence-corrected chi connectivity index (χ1v) is 8.37. The molecule has 0 aliphatic carbocycles. The molecule has 144 valence electrons. The predicted molar refractivity (Wildman–Crippen MR) is 101 cm³/mol. The smallest absolute Gasteiger partial charge is 0.276 e. The third-order valence-electron chi connectivity index (χ3n) is 4.00. The van der Waals surface area contributed by atoms with Gasteiger partial charge in [-0.15, -0.1) is 0 Å². The van der Waals surface area contributed by atoms with Crippen LogP contribution in [0.5, 0.6) is 11.6 Å². The molecule has 0 bridgehead atoms. The van der Waals surface area contributed by atoms with Crippen LogP contribution in [-0.2, 0) is 6.54 Å². The molecule has 1 aromatic heterocycles. The van der Waals surface area contributed by atoms with E-state index in [1.807, 2.05) is 0 Å². The van der Waals surface area contributed by atoms with Gasteiger partial charge in [0.15, 0.2) is 5.69 Å². The first-order chi connectivity index (χ1) is 13.5. The van der Waals surface area contributed by atoms with Crippen molar-refractivity contribution in [2.45, 2.75) is 6.54 Å². The van der Waals surface area contributed by atoms with E-state index < -0.39 is 11.3 Å². The lowest BCUT2D eigenvalue weighted by Crippen LogP contribution is -2.31. The average molecular weight is 383 g/mol. The largest absolute Gasteiger partial charge is 0.497 e. The van der Waals surface area contributed by atoms with Gasteiger partial charge < -0.3 is 14.8 Å². The van der Waals surface area contributed by atoms with Crippen molar-refractivity contribution < 1.29 is 18.7 Å². The van der Waals surface area contributed by atoms with Gasteiger partial charge in [0, 0.05) is 6.54 Å². The second-order valence-corrected chi connectivity index (χ2v) is 5.82. The van der Waals surface area contributed by atoms with Gasteiger partial charge in [-0.1, -0.05) is 12.1 Å². The fraction of sp³-hybridized carbons (Fsp3) is 0.150.